The van der Waals surface area contributed by atoms with Crippen LogP contribution in [0.2, 0.25) is 0 Å². The molecule has 2 aliphatic rings. The number of aromatic nitrogens is 3. The molecule has 38 heavy (non-hydrogen) atoms. The highest BCUT2D eigenvalue weighted by Crippen LogP contribution is 2.36. The first-order valence-corrected chi connectivity index (χ1v) is 13.9. The number of nitrogens with zero attached hydrogens (tertiary/aromatic N) is 5. The van der Waals surface area contributed by atoms with Gasteiger partial charge in [-0.1, -0.05) is 26.8 Å². The molecule has 1 aromatic carbocycles. The molecule has 0 radical (unpaired) electrons. The third kappa shape index (κ3) is 4.99. The van der Waals surface area contributed by atoms with Crippen LogP contribution < -0.4 is 11.1 Å². The van der Waals surface area contributed by atoms with Crippen LogP contribution in [-0.2, 0) is 22.4 Å². The van der Waals surface area contributed by atoms with Crippen LogP contribution in [0.25, 0.3) is 11.0 Å². The molecule has 2 aromatic heterocycles. The number of nitrogen functional groups attached to an aromatic ring is 1. The lowest BCUT2D eigenvalue weighted by Gasteiger charge is -2.38. The molecule has 202 valence electrons. The number of rotatable bonds is 4. The molecule has 4 heterocycles. The van der Waals surface area contributed by atoms with Crippen LogP contribution in [0, 0.1) is 5.92 Å². The number of carbonyl (C=O) groups is 2. The fourth-order valence-electron chi connectivity index (χ4n) is 6.04. The number of pyridine rings is 1. The van der Waals surface area contributed by atoms with Crippen molar-refractivity contribution in [1.82, 2.24) is 24.3 Å². The quantitative estimate of drug-likeness (QED) is 0.507. The Kier molecular flexibility index (Phi) is 7.38. The third-order valence-electron chi connectivity index (χ3n) is 8.15. The highest BCUT2D eigenvalue weighted by molar-refractivity contribution is 6.39. The summed E-state index contributed by atoms with van der Waals surface area (Å²) in [6, 6.07) is 8.34. The van der Waals surface area contributed by atoms with E-state index in [0.717, 1.165) is 66.9 Å². The first kappa shape index (κ1) is 26.2. The normalized spacial score (nSPS) is 22.2. The van der Waals surface area contributed by atoms with Crippen molar-refractivity contribution in [2.75, 3.05) is 37.2 Å². The molecule has 3 atom stereocenters. The minimum Gasteiger partial charge on any atom is -0.383 e. The van der Waals surface area contributed by atoms with Gasteiger partial charge in [0.25, 0.3) is 0 Å². The van der Waals surface area contributed by atoms with Gasteiger partial charge in [-0.3, -0.25) is 9.59 Å². The van der Waals surface area contributed by atoms with Gasteiger partial charge in [-0.15, -0.1) is 0 Å². The lowest BCUT2D eigenvalue weighted by molar-refractivity contribution is -0.146. The predicted octanol–water partition coefficient (Wildman–Crippen LogP) is 3.95. The van der Waals surface area contributed by atoms with Gasteiger partial charge in [0, 0.05) is 32.1 Å². The number of benzene rings is 1. The maximum absolute atomic E-state index is 13.5. The summed E-state index contributed by atoms with van der Waals surface area (Å²) in [5.41, 5.74) is 10.3. The summed E-state index contributed by atoms with van der Waals surface area (Å²) >= 11 is 0. The fraction of sp³-hybridized carbons (Fsp3) is 0.517. The number of hydrogen-bond acceptors (Lipinski definition) is 6. The monoisotopic (exact) mass is 517 g/mol. The van der Waals surface area contributed by atoms with Gasteiger partial charge in [-0.2, -0.15) is 0 Å². The van der Waals surface area contributed by atoms with Crippen LogP contribution in [-0.4, -0.2) is 62.3 Å². The van der Waals surface area contributed by atoms with E-state index in [1.165, 1.54) is 6.20 Å². The van der Waals surface area contributed by atoms with Crippen molar-refractivity contribution < 1.29 is 9.59 Å². The van der Waals surface area contributed by atoms with Gasteiger partial charge >= 0.3 is 11.8 Å². The van der Waals surface area contributed by atoms with Crippen molar-refractivity contribution in [2.24, 2.45) is 5.92 Å². The topological polar surface area (TPSA) is 109 Å². The van der Waals surface area contributed by atoms with E-state index in [9.17, 15) is 9.59 Å². The first-order valence-electron chi connectivity index (χ1n) is 13.9. The first-order chi connectivity index (χ1) is 18.3. The smallest absolute Gasteiger partial charge is 0.313 e. The summed E-state index contributed by atoms with van der Waals surface area (Å²) < 4.78 is 2.37. The van der Waals surface area contributed by atoms with Gasteiger partial charge in [-0.05, 0) is 68.0 Å². The number of imidazole rings is 1. The van der Waals surface area contributed by atoms with E-state index < -0.39 is 11.8 Å². The Morgan fingerprint density at radius 3 is 2.71 bits per heavy atom. The van der Waals surface area contributed by atoms with E-state index in [1.54, 1.807) is 11.0 Å². The van der Waals surface area contributed by atoms with E-state index >= 15 is 0 Å². The highest BCUT2D eigenvalue weighted by Gasteiger charge is 2.35. The lowest BCUT2D eigenvalue weighted by Crippen LogP contribution is -2.46. The second kappa shape index (κ2) is 10.7. The Hall–Kier alpha value is -3.46. The van der Waals surface area contributed by atoms with Crippen LogP contribution in [0.15, 0.2) is 30.5 Å². The number of nitrogens with two attached hydrogens (primary N) is 1. The van der Waals surface area contributed by atoms with Crippen molar-refractivity contribution >= 4 is 34.4 Å². The summed E-state index contributed by atoms with van der Waals surface area (Å²) in [7, 11) is 0. The number of piperidine rings is 1. The largest absolute Gasteiger partial charge is 0.383 e. The Labute approximate surface area is 224 Å². The van der Waals surface area contributed by atoms with Gasteiger partial charge in [0.1, 0.15) is 11.6 Å². The third-order valence-corrected chi connectivity index (χ3v) is 8.15. The molecule has 5 rings (SSSR count). The Morgan fingerprint density at radius 2 is 1.95 bits per heavy atom. The SMILES string of the molecule is CCc1cc(NC(=O)C(=O)N2C[C@@H](C)CC[C@@H]2c2ccc3c(c2)nc2n3C(C)CN(CC)CC2)cnc1N. The molecule has 0 aliphatic carbocycles. The molecule has 9 nitrogen and oxygen atoms in total. The summed E-state index contributed by atoms with van der Waals surface area (Å²) in [6.07, 6.45) is 4.92. The molecule has 2 amide bonds. The molecule has 3 aromatic rings. The van der Waals surface area contributed by atoms with Gasteiger partial charge in [0.2, 0.25) is 0 Å². The fourth-order valence-corrected chi connectivity index (χ4v) is 6.04. The molecule has 0 saturated carbocycles. The second-order valence-electron chi connectivity index (χ2n) is 10.9. The summed E-state index contributed by atoms with van der Waals surface area (Å²) in [4.78, 5) is 39.9. The number of anilines is 2. The van der Waals surface area contributed by atoms with Crippen LogP contribution >= 0.6 is 0 Å². The van der Waals surface area contributed by atoms with Crippen LogP contribution in [0.1, 0.15) is 69.6 Å². The van der Waals surface area contributed by atoms with E-state index in [0.29, 0.717) is 36.4 Å². The average molecular weight is 518 g/mol. The molecule has 0 spiro atoms. The zero-order valence-electron chi connectivity index (χ0n) is 22.9. The van der Waals surface area contributed by atoms with Crippen molar-refractivity contribution in [1.29, 1.82) is 0 Å². The van der Waals surface area contributed by atoms with Crippen LogP contribution in [0.4, 0.5) is 11.5 Å². The van der Waals surface area contributed by atoms with Crippen LogP contribution in [0.3, 0.4) is 0 Å². The average Bonchev–Trinajstić information content (AvgIpc) is 3.20. The minimum atomic E-state index is -0.651. The molecule has 3 N–H and O–H groups in total. The molecule has 1 unspecified atom stereocenters. The molecule has 9 heteroatoms. The standard InChI is InChI=1S/C29H39N7O2/c1-5-20-13-22(15-31-27(20)30)32-28(37)29(38)35-16-18(3)7-9-24(35)21-8-10-25-23(14-21)33-26-11-12-34(6-2)17-19(4)36(25)26/h8,10,13-15,18-19,24H,5-7,9,11-12,16-17H2,1-4H3,(H2,30,31)(H,32,37)/t18-,19?,24+/m0/s1. The second-order valence-corrected chi connectivity index (χ2v) is 10.9. The van der Waals surface area contributed by atoms with Gasteiger partial charge < -0.3 is 25.4 Å². The number of likely N-dealkylation sites (N-methyl/N-ethyl adjacent to an activating group) is 1. The summed E-state index contributed by atoms with van der Waals surface area (Å²) in [6.45, 7) is 12.2. The molecule has 1 fully saturated rings. The molecule has 2 aliphatic heterocycles. The number of nitrogens with one attached hydrogen (secondary N) is 1. The molecular formula is C29H39N7O2. The number of amides is 2. The van der Waals surface area contributed by atoms with Crippen molar-refractivity contribution in [2.45, 2.75) is 65.5 Å². The van der Waals surface area contributed by atoms with Gasteiger partial charge in [0.05, 0.1) is 29.0 Å². The van der Waals surface area contributed by atoms with Gasteiger partial charge in [0.15, 0.2) is 0 Å². The molecular weight excluding hydrogens is 478 g/mol. The van der Waals surface area contributed by atoms with Crippen molar-refractivity contribution in [3.05, 3.63) is 47.4 Å². The number of fused-ring (bicyclic) bond motifs is 3. The van der Waals surface area contributed by atoms with Crippen molar-refractivity contribution in [3.63, 3.8) is 0 Å². The van der Waals surface area contributed by atoms with E-state index in [-0.39, 0.29) is 6.04 Å². The maximum Gasteiger partial charge on any atom is 0.313 e. The van der Waals surface area contributed by atoms with Crippen LogP contribution in [0.5, 0.6) is 0 Å². The predicted molar refractivity (Wildman–Crippen MR) is 150 cm³/mol. The van der Waals surface area contributed by atoms with E-state index in [1.807, 2.05) is 6.92 Å². The minimum absolute atomic E-state index is 0.167. The number of likely N-dealkylation sites (tertiary alicyclic amines) is 1. The Bertz CT molecular complexity index is 1350. The van der Waals surface area contributed by atoms with E-state index in [4.69, 9.17) is 10.7 Å². The summed E-state index contributed by atoms with van der Waals surface area (Å²) in [5, 5.41) is 2.74. The lowest BCUT2D eigenvalue weighted by atomic mass is 9.89. The molecule has 0 bridgehead atoms. The summed E-state index contributed by atoms with van der Waals surface area (Å²) in [5.74, 6) is 0.703. The Morgan fingerprint density at radius 1 is 1.13 bits per heavy atom. The number of aryl methyl sites for hydroxylation is 1. The number of carbonyl (C=O) groups excluding carboxylic acids is 2. The maximum atomic E-state index is 13.5. The Balaban J connectivity index is 1.40. The van der Waals surface area contributed by atoms with Crippen molar-refractivity contribution in [3.8, 4) is 0 Å². The number of hydrogen-bond donors (Lipinski definition) is 2. The molecule has 1 saturated heterocycles. The van der Waals surface area contributed by atoms with Gasteiger partial charge in [-0.25, -0.2) is 9.97 Å². The highest BCUT2D eigenvalue weighted by atomic mass is 16.2. The zero-order valence-corrected chi connectivity index (χ0v) is 22.9. The van der Waals surface area contributed by atoms with E-state index in [2.05, 4.69) is 58.7 Å². The zero-order chi connectivity index (χ0) is 27.0.